The van der Waals surface area contributed by atoms with Crippen molar-refractivity contribution in [2.75, 3.05) is 27.3 Å². The van der Waals surface area contributed by atoms with Crippen LogP contribution >= 0.6 is 0 Å². The zero-order valence-corrected chi connectivity index (χ0v) is 8.83. The van der Waals surface area contributed by atoms with E-state index in [1.165, 1.54) is 25.7 Å². The van der Waals surface area contributed by atoms with Crippen molar-refractivity contribution < 1.29 is 4.74 Å². The molecule has 0 amide bonds. The van der Waals surface area contributed by atoms with Crippen LogP contribution < -0.4 is 5.73 Å². The standard InChI is InChI=1S/C10H22N2O/c1-12(9-5-3-4-6-9)10(7-11)8-13-2/h9-10H,3-8,11H2,1-2H3. The van der Waals surface area contributed by atoms with E-state index in [4.69, 9.17) is 10.5 Å². The maximum Gasteiger partial charge on any atom is 0.0630 e. The van der Waals surface area contributed by atoms with Crippen LogP contribution in [-0.4, -0.2) is 44.3 Å². The highest BCUT2D eigenvalue weighted by atomic mass is 16.5. The normalized spacial score (nSPS) is 21.2. The Bertz CT molecular complexity index is 135. The Morgan fingerprint density at radius 1 is 1.46 bits per heavy atom. The van der Waals surface area contributed by atoms with Gasteiger partial charge in [-0.25, -0.2) is 0 Å². The van der Waals surface area contributed by atoms with Gasteiger partial charge in [-0.3, -0.25) is 4.90 Å². The summed E-state index contributed by atoms with van der Waals surface area (Å²) in [5.41, 5.74) is 5.71. The highest BCUT2D eigenvalue weighted by Crippen LogP contribution is 2.23. The van der Waals surface area contributed by atoms with Gasteiger partial charge in [0.15, 0.2) is 0 Å². The molecule has 0 spiro atoms. The maximum atomic E-state index is 5.71. The minimum atomic E-state index is 0.396. The van der Waals surface area contributed by atoms with Gasteiger partial charge in [-0.15, -0.1) is 0 Å². The van der Waals surface area contributed by atoms with Gasteiger partial charge in [-0.1, -0.05) is 12.8 Å². The summed E-state index contributed by atoms with van der Waals surface area (Å²) in [6.07, 6.45) is 5.41. The van der Waals surface area contributed by atoms with Crippen molar-refractivity contribution in [3.63, 3.8) is 0 Å². The molecule has 0 aromatic heterocycles. The van der Waals surface area contributed by atoms with Crippen LogP contribution in [0.3, 0.4) is 0 Å². The van der Waals surface area contributed by atoms with E-state index in [0.29, 0.717) is 12.6 Å². The monoisotopic (exact) mass is 186 g/mol. The van der Waals surface area contributed by atoms with E-state index in [9.17, 15) is 0 Å². The lowest BCUT2D eigenvalue weighted by molar-refractivity contribution is 0.0854. The molecule has 13 heavy (non-hydrogen) atoms. The molecule has 1 fully saturated rings. The third-order valence-electron chi connectivity index (χ3n) is 3.11. The van der Waals surface area contributed by atoms with Gasteiger partial charge in [0, 0.05) is 25.7 Å². The minimum absolute atomic E-state index is 0.396. The van der Waals surface area contributed by atoms with Gasteiger partial charge in [-0.05, 0) is 19.9 Å². The molecular weight excluding hydrogens is 164 g/mol. The van der Waals surface area contributed by atoms with E-state index < -0.39 is 0 Å². The molecule has 0 radical (unpaired) electrons. The highest BCUT2D eigenvalue weighted by Gasteiger charge is 2.24. The van der Waals surface area contributed by atoms with Crippen LogP contribution in [0, 0.1) is 0 Å². The Balaban J connectivity index is 2.37. The second kappa shape index (κ2) is 5.58. The largest absolute Gasteiger partial charge is 0.383 e. The molecule has 1 unspecified atom stereocenters. The maximum absolute atomic E-state index is 5.71. The van der Waals surface area contributed by atoms with Gasteiger partial charge in [0.25, 0.3) is 0 Å². The van der Waals surface area contributed by atoms with Gasteiger partial charge in [0.1, 0.15) is 0 Å². The first kappa shape index (κ1) is 11.0. The lowest BCUT2D eigenvalue weighted by Crippen LogP contribution is -2.45. The van der Waals surface area contributed by atoms with Crippen LogP contribution in [0.2, 0.25) is 0 Å². The van der Waals surface area contributed by atoms with Crippen LogP contribution in [-0.2, 0) is 4.74 Å². The average Bonchev–Trinajstić information content (AvgIpc) is 2.65. The molecule has 1 aliphatic carbocycles. The van der Waals surface area contributed by atoms with Crippen molar-refractivity contribution in [1.29, 1.82) is 0 Å². The van der Waals surface area contributed by atoms with E-state index >= 15 is 0 Å². The second-order valence-electron chi connectivity index (χ2n) is 3.95. The number of ether oxygens (including phenoxy) is 1. The molecule has 2 N–H and O–H groups in total. The molecule has 0 saturated heterocycles. The zero-order valence-electron chi connectivity index (χ0n) is 8.83. The van der Waals surface area contributed by atoms with Crippen molar-refractivity contribution in [3.05, 3.63) is 0 Å². The number of rotatable bonds is 5. The summed E-state index contributed by atoms with van der Waals surface area (Å²) in [5, 5.41) is 0. The summed E-state index contributed by atoms with van der Waals surface area (Å²) in [7, 11) is 3.91. The summed E-state index contributed by atoms with van der Waals surface area (Å²) >= 11 is 0. The average molecular weight is 186 g/mol. The van der Waals surface area contributed by atoms with Crippen molar-refractivity contribution in [1.82, 2.24) is 4.90 Å². The van der Waals surface area contributed by atoms with Crippen molar-refractivity contribution in [2.45, 2.75) is 37.8 Å². The number of hydrogen-bond acceptors (Lipinski definition) is 3. The number of nitrogens with zero attached hydrogens (tertiary/aromatic N) is 1. The summed E-state index contributed by atoms with van der Waals surface area (Å²) in [6, 6.07) is 1.14. The molecule has 0 aliphatic heterocycles. The number of hydrogen-bond donors (Lipinski definition) is 1. The lowest BCUT2D eigenvalue weighted by Gasteiger charge is -2.31. The Morgan fingerprint density at radius 3 is 2.54 bits per heavy atom. The molecule has 1 saturated carbocycles. The summed E-state index contributed by atoms with van der Waals surface area (Å²) in [6.45, 7) is 1.45. The smallest absolute Gasteiger partial charge is 0.0630 e. The second-order valence-corrected chi connectivity index (χ2v) is 3.95. The van der Waals surface area contributed by atoms with E-state index in [1.807, 2.05) is 0 Å². The van der Waals surface area contributed by atoms with Gasteiger partial charge in [-0.2, -0.15) is 0 Å². The lowest BCUT2D eigenvalue weighted by atomic mass is 10.1. The molecule has 3 nitrogen and oxygen atoms in total. The van der Waals surface area contributed by atoms with Gasteiger partial charge in [0.05, 0.1) is 6.61 Å². The van der Waals surface area contributed by atoms with Crippen LogP contribution in [0.25, 0.3) is 0 Å². The molecule has 0 heterocycles. The van der Waals surface area contributed by atoms with E-state index in [-0.39, 0.29) is 0 Å². The fraction of sp³-hybridized carbons (Fsp3) is 1.00. The summed E-state index contributed by atoms with van der Waals surface area (Å²) in [5.74, 6) is 0. The van der Waals surface area contributed by atoms with Crippen LogP contribution in [0.5, 0.6) is 0 Å². The molecule has 1 atom stereocenters. The van der Waals surface area contributed by atoms with Gasteiger partial charge < -0.3 is 10.5 Å². The number of nitrogens with two attached hydrogens (primary N) is 1. The SMILES string of the molecule is COCC(CN)N(C)C1CCCC1. The summed E-state index contributed by atoms with van der Waals surface area (Å²) in [4.78, 5) is 2.40. The van der Waals surface area contributed by atoms with E-state index in [1.54, 1.807) is 7.11 Å². The topological polar surface area (TPSA) is 38.5 Å². The first-order valence-corrected chi connectivity index (χ1v) is 5.20. The fourth-order valence-electron chi connectivity index (χ4n) is 2.15. The Kier molecular flexibility index (Phi) is 4.70. The summed E-state index contributed by atoms with van der Waals surface area (Å²) < 4.78 is 5.15. The predicted molar refractivity (Wildman–Crippen MR) is 54.7 cm³/mol. The van der Waals surface area contributed by atoms with Crippen LogP contribution in [0.4, 0.5) is 0 Å². The quantitative estimate of drug-likeness (QED) is 0.691. The van der Waals surface area contributed by atoms with E-state index in [0.717, 1.165) is 12.6 Å². The zero-order chi connectivity index (χ0) is 9.68. The van der Waals surface area contributed by atoms with Gasteiger partial charge in [0.2, 0.25) is 0 Å². The molecule has 0 bridgehead atoms. The molecule has 1 rings (SSSR count). The number of methoxy groups -OCH3 is 1. The molecule has 3 heteroatoms. The van der Waals surface area contributed by atoms with Gasteiger partial charge >= 0.3 is 0 Å². The van der Waals surface area contributed by atoms with Crippen molar-refractivity contribution >= 4 is 0 Å². The van der Waals surface area contributed by atoms with Crippen LogP contribution in [0.1, 0.15) is 25.7 Å². The fourth-order valence-corrected chi connectivity index (χ4v) is 2.15. The third kappa shape index (κ3) is 2.93. The first-order valence-electron chi connectivity index (χ1n) is 5.20. The Hall–Kier alpha value is -0.120. The molecule has 78 valence electrons. The predicted octanol–water partition coefficient (Wildman–Crippen LogP) is 0.834. The first-order chi connectivity index (χ1) is 6.29. The Morgan fingerprint density at radius 2 is 2.08 bits per heavy atom. The Labute approximate surface area is 81.2 Å². The molecule has 0 aromatic rings. The molecule has 1 aliphatic rings. The molecular formula is C10H22N2O. The van der Waals surface area contributed by atoms with Crippen molar-refractivity contribution in [2.24, 2.45) is 5.73 Å². The van der Waals surface area contributed by atoms with Crippen LogP contribution in [0.15, 0.2) is 0 Å². The molecule has 0 aromatic carbocycles. The number of likely N-dealkylation sites (N-methyl/N-ethyl adjacent to an activating group) is 1. The highest BCUT2D eigenvalue weighted by molar-refractivity contribution is 4.80. The minimum Gasteiger partial charge on any atom is -0.383 e. The third-order valence-corrected chi connectivity index (χ3v) is 3.11. The van der Waals surface area contributed by atoms with Crippen molar-refractivity contribution in [3.8, 4) is 0 Å². The van der Waals surface area contributed by atoms with E-state index in [2.05, 4.69) is 11.9 Å².